The molecule has 1 aromatic rings. The van der Waals surface area contributed by atoms with E-state index in [1.807, 2.05) is 18.2 Å². The molecule has 0 radical (unpaired) electrons. The van der Waals surface area contributed by atoms with Crippen LogP contribution in [-0.4, -0.2) is 18.4 Å². The number of rotatable bonds is 4. The zero-order valence-electron chi connectivity index (χ0n) is 9.83. The Balaban J connectivity index is 0.00000225. The number of hydrogen-bond donors (Lipinski definition) is 1. The van der Waals surface area contributed by atoms with Gasteiger partial charge in [0.1, 0.15) is 0 Å². The van der Waals surface area contributed by atoms with E-state index in [1.165, 1.54) is 13.3 Å². The Kier molecular flexibility index (Phi) is 7.25. The second kappa shape index (κ2) is 7.57. The molecule has 0 aromatic heterocycles. The second-order valence-electron chi connectivity index (χ2n) is 2.93. The van der Waals surface area contributed by atoms with E-state index >= 15 is 0 Å². The van der Waals surface area contributed by atoms with Crippen LogP contribution in [0.5, 0.6) is 0 Å². The monoisotopic (exact) mass is 227 g/mol. The molecule has 0 fully saturated rings. The van der Waals surface area contributed by atoms with Crippen LogP contribution in [-0.2, 0) is 5.72 Å². The minimum absolute atomic E-state index is 0. The molecule has 0 aliphatic rings. The van der Waals surface area contributed by atoms with Crippen LogP contribution in [0.3, 0.4) is 0 Å². The molecule has 0 saturated heterocycles. The van der Waals surface area contributed by atoms with Crippen molar-refractivity contribution in [1.29, 1.82) is 0 Å². The molecule has 0 bridgehead atoms. The normalized spacial score (nSPS) is 14.7. The van der Waals surface area contributed by atoms with Crippen molar-refractivity contribution in [3.05, 3.63) is 42.4 Å². The predicted molar refractivity (Wildman–Crippen MR) is 59.6 cm³/mol. The van der Waals surface area contributed by atoms with Crippen molar-refractivity contribution in [2.24, 2.45) is 15.2 Å². The van der Waals surface area contributed by atoms with Crippen LogP contribution in [0.2, 0.25) is 0 Å². The van der Waals surface area contributed by atoms with E-state index in [1.54, 1.807) is 25.6 Å². The fourth-order valence-corrected chi connectivity index (χ4v) is 1.17. The van der Waals surface area contributed by atoms with Crippen LogP contribution in [0.15, 0.2) is 45.6 Å². The van der Waals surface area contributed by atoms with E-state index in [-0.39, 0.29) is 29.6 Å². The third kappa shape index (κ3) is 4.06. The van der Waals surface area contributed by atoms with Crippen molar-refractivity contribution in [2.75, 3.05) is 7.05 Å². The molecule has 0 aliphatic carbocycles. The van der Waals surface area contributed by atoms with Gasteiger partial charge < -0.3 is 10.1 Å². The van der Waals surface area contributed by atoms with E-state index in [0.29, 0.717) is 5.56 Å². The van der Waals surface area contributed by atoms with E-state index in [9.17, 15) is 5.11 Å². The Morgan fingerprint density at radius 2 is 1.94 bits per heavy atom. The summed E-state index contributed by atoms with van der Waals surface area (Å²) in [5.74, 6) is 0. The number of aliphatic imine (C=N–C) groups is 1. The molecule has 0 spiro atoms. The Morgan fingerprint density at radius 1 is 1.31 bits per heavy atom. The van der Waals surface area contributed by atoms with Crippen molar-refractivity contribution in [3.63, 3.8) is 0 Å². The van der Waals surface area contributed by atoms with Crippen molar-refractivity contribution in [1.82, 2.24) is 0 Å². The van der Waals surface area contributed by atoms with Crippen molar-refractivity contribution >= 4 is 6.21 Å². The van der Waals surface area contributed by atoms with Gasteiger partial charge in [0.25, 0.3) is 0 Å². The molecule has 4 nitrogen and oxygen atoms in total. The van der Waals surface area contributed by atoms with Crippen molar-refractivity contribution < 1.29 is 34.7 Å². The molecule has 1 rings (SSSR count). The Bertz CT molecular complexity index is 354. The molecule has 5 heteroatoms. The zero-order valence-corrected chi connectivity index (χ0v) is 11.8. The number of nitrogens with zero attached hydrogens (tertiary/aromatic N) is 3. The van der Waals surface area contributed by atoms with Gasteiger partial charge in [0, 0.05) is 7.05 Å². The second-order valence-corrected chi connectivity index (χ2v) is 2.93. The maximum Gasteiger partial charge on any atom is 1.00 e. The summed E-state index contributed by atoms with van der Waals surface area (Å²) in [5, 5.41) is 17.6. The van der Waals surface area contributed by atoms with Gasteiger partial charge in [0.2, 0.25) is 0 Å². The van der Waals surface area contributed by atoms with Crippen molar-refractivity contribution in [2.45, 2.75) is 12.6 Å². The molecular formula is C11H14N3NaO. The molecule has 0 heterocycles. The first-order valence-corrected chi connectivity index (χ1v) is 4.64. The quantitative estimate of drug-likeness (QED) is 0.310. The van der Waals surface area contributed by atoms with Gasteiger partial charge in [-0.1, -0.05) is 43.5 Å². The van der Waals surface area contributed by atoms with Gasteiger partial charge in [-0.2, -0.15) is 16.8 Å². The van der Waals surface area contributed by atoms with Crippen molar-refractivity contribution in [3.8, 4) is 0 Å². The summed E-state index contributed by atoms with van der Waals surface area (Å²) in [4.78, 5) is 3.89. The summed E-state index contributed by atoms with van der Waals surface area (Å²) < 4.78 is 0. The number of hydrogen-bond acceptors (Lipinski definition) is 4. The SMILES string of the molecule is C[CH-]N=CC(O)(N=NC)c1ccccc1.[Na+]. The van der Waals surface area contributed by atoms with E-state index < -0.39 is 5.72 Å². The van der Waals surface area contributed by atoms with Gasteiger partial charge in [-0.3, -0.25) is 0 Å². The summed E-state index contributed by atoms with van der Waals surface area (Å²) in [6.07, 6.45) is 1.36. The Morgan fingerprint density at radius 3 is 2.44 bits per heavy atom. The van der Waals surface area contributed by atoms with Crippen LogP contribution in [0.4, 0.5) is 0 Å². The third-order valence-electron chi connectivity index (χ3n) is 1.85. The van der Waals surface area contributed by atoms with Gasteiger partial charge in [0.05, 0.1) is 0 Å². The first-order chi connectivity index (χ1) is 7.23. The fourth-order valence-electron chi connectivity index (χ4n) is 1.17. The first kappa shape index (κ1) is 15.3. The summed E-state index contributed by atoms with van der Waals surface area (Å²) in [5.41, 5.74) is -0.830. The van der Waals surface area contributed by atoms with Crippen LogP contribution >= 0.6 is 0 Å². The molecule has 1 atom stereocenters. The smallest absolute Gasteiger partial charge is 0.453 e. The van der Waals surface area contributed by atoms with Crippen LogP contribution < -0.4 is 29.6 Å². The molecule has 80 valence electrons. The maximum absolute atomic E-state index is 10.2. The van der Waals surface area contributed by atoms with Crippen LogP contribution in [0.25, 0.3) is 0 Å². The van der Waals surface area contributed by atoms with Gasteiger partial charge >= 0.3 is 29.6 Å². The number of benzene rings is 1. The molecule has 1 aromatic carbocycles. The molecule has 0 amide bonds. The Labute approximate surface area is 118 Å². The number of aliphatic hydroxyl groups is 1. The third-order valence-corrected chi connectivity index (χ3v) is 1.85. The molecule has 1 unspecified atom stereocenters. The predicted octanol–water partition coefficient (Wildman–Crippen LogP) is -0.830. The van der Waals surface area contributed by atoms with Crippen LogP contribution in [0.1, 0.15) is 12.5 Å². The molecular weight excluding hydrogens is 213 g/mol. The van der Waals surface area contributed by atoms with E-state index in [0.717, 1.165) is 0 Å². The van der Waals surface area contributed by atoms with Gasteiger partial charge in [0.15, 0.2) is 5.72 Å². The van der Waals surface area contributed by atoms with E-state index in [4.69, 9.17) is 0 Å². The average Bonchev–Trinajstić information content (AvgIpc) is 2.28. The van der Waals surface area contributed by atoms with Crippen LogP contribution in [0, 0.1) is 6.54 Å². The summed E-state index contributed by atoms with van der Waals surface area (Å²) >= 11 is 0. The summed E-state index contributed by atoms with van der Waals surface area (Å²) in [7, 11) is 1.51. The van der Waals surface area contributed by atoms with Gasteiger partial charge in [-0.25, -0.2) is 0 Å². The summed E-state index contributed by atoms with van der Waals surface area (Å²) in [6, 6.07) is 9.08. The minimum Gasteiger partial charge on any atom is -0.453 e. The van der Waals surface area contributed by atoms with E-state index in [2.05, 4.69) is 15.2 Å². The Hall–Kier alpha value is -0.680. The fraction of sp³-hybridized carbons (Fsp3) is 0.273. The minimum atomic E-state index is -1.47. The molecule has 16 heavy (non-hydrogen) atoms. The maximum atomic E-state index is 10.2. The van der Waals surface area contributed by atoms with Gasteiger partial charge in [-0.05, 0) is 5.56 Å². The largest absolute Gasteiger partial charge is 1.00 e. The topological polar surface area (TPSA) is 57.3 Å². The molecule has 0 saturated carbocycles. The molecule has 1 N–H and O–H groups in total. The zero-order chi connectivity index (χ0) is 11.1. The molecule has 0 aliphatic heterocycles. The standard InChI is InChI=1S/C11H14N3O.Na/c1-3-13-9-11(15,14-12-2)10-7-5-4-6-8-10;/h3-9,15H,1-2H3;/q-1;+1. The summed E-state index contributed by atoms with van der Waals surface area (Å²) in [6.45, 7) is 3.35. The van der Waals surface area contributed by atoms with Gasteiger partial charge in [-0.15, -0.1) is 0 Å². The average molecular weight is 227 g/mol. The number of azo groups is 1. The first-order valence-electron chi connectivity index (χ1n) is 4.64.